The van der Waals surface area contributed by atoms with Crippen molar-refractivity contribution in [2.45, 2.75) is 6.42 Å². The van der Waals surface area contributed by atoms with Crippen LogP contribution >= 0.6 is 23.2 Å². The summed E-state index contributed by atoms with van der Waals surface area (Å²) < 4.78 is 0. The lowest BCUT2D eigenvalue weighted by atomic mass is 10.2. The number of carbonyl (C=O) groups is 2. The zero-order valence-electron chi connectivity index (χ0n) is 10.1. The number of amides is 1. The highest BCUT2D eigenvalue weighted by Gasteiger charge is 2.16. The molecule has 0 aromatic heterocycles. The molecular formula is C13H13Cl2NO3. The van der Waals surface area contributed by atoms with Crippen molar-refractivity contribution in [1.82, 2.24) is 4.90 Å². The van der Waals surface area contributed by atoms with Crippen LogP contribution in [-0.2, 0) is 4.79 Å². The summed E-state index contributed by atoms with van der Waals surface area (Å²) in [5, 5.41) is 9.30. The monoisotopic (exact) mass is 301 g/mol. The normalized spacial score (nSPS) is 10.0. The van der Waals surface area contributed by atoms with Crippen LogP contribution in [0.4, 0.5) is 0 Å². The lowest BCUT2D eigenvalue weighted by Crippen LogP contribution is -2.33. The second-order valence-corrected chi connectivity index (χ2v) is 4.63. The van der Waals surface area contributed by atoms with Gasteiger partial charge in [-0.15, -0.1) is 6.58 Å². The molecule has 19 heavy (non-hydrogen) atoms. The number of carbonyl (C=O) groups excluding carboxylic acids is 1. The van der Waals surface area contributed by atoms with E-state index >= 15 is 0 Å². The van der Waals surface area contributed by atoms with E-state index in [0.29, 0.717) is 10.6 Å². The Labute approximate surface area is 121 Å². The molecule has 6 heteroatoms. The number of aliphatic carboxylic acids is 1. The van der Waals surface area contributed by atoms with Crippen LogP contribution in [0.3, 0.4) is 0 Å². The summed E-state index contributed by atoms with van der Waals surface area (Å²) in [4.78, 5) is 24.1. The maximum atomic E-state index is 12.2. The minimum absolute atomic E-state index is 0.112. The summed E-state index contributed by atoms with van der Waals surface area (Å²) >= 11 is 11.6. The fraction of sp³-hybridized carbons (Fsp3) is 0.231. The highest BCUT2D eigenvalue weighted by molar-refractivity contribution is 6.42. The van der Waals surface area contributed by atoms with Crippen LogP contribution in [0.5, 0.6) is 0 Å². The van der Waals surface area contributed by atoms with E-state index in [-0.39, 0.29) is 30.4 Å². The summed E-state index contributed by atoms with van der Waals surface area (Å²) in [6.07, 6.45) is 1.41. The number of carboxylic acids is 1. The molecule has 0 saturated carbocycles. The largest absolute Gasteiger partial charge is 0.481 e. The van der Waals surface area contributed by atoms with E-state index in [1.54, 1.807) is 6.07 Å². The molecule has 0 spiro atoms. The van der Waals surface area contributed by atoms with Crippen LogP contribution in [0.1, 0.15) is 16.8 Å². The van der Waals surface area contributed by atoms with Gasteiger partial charge in [0.05, 0.1) is 16.5 Å². The third kappa shape index (κ3) is 4.58. The molecule has 0 aliphatic rings. The van der Waals surface area contributed by atoms with Gasteiger partial charge in [-0.3, -0.25) is 9.59 Å². The van der Waals surface area contributed by atoms with Crippen LogP contribution in [0, 0.1) is 0 Å². The quantitative estimate of drug-likeness (QED) is 0.821. The highest BCUT2D eigenvalue weighted by Crippen LogP contribution is 2.23. The van der Waals surface area contributed by atoms with E-state index in [1.807, 2.05) is 0 Å². The number of rotatable bonds is 6. The first kappa shape index (κ1) is 15.5. The molecule has 1 N–H and O–H groups in total. The molecule has 102 valence electrons. The molecule has 1 amide bonds. The van der Waals surface area contributed by atoms with Crippen molar-refractivity contribution in [3.8, 4) is 0 Å². The molecule has 0 unspecified atom stereocenters. The van der Waals surface area contributed by atoms with Gasteiger partial charge in [0.15, 0.2) is 0 Å². The maximum absolute atomic E-state index is 12.2. The van der Waals surface area contributed by atoms with Gasteiger partial charge in [-0.05, 0) is 18.2 Å². The minimum Gasteiger partial charge on any atom is -0.481 e. The van der Waals surface area contributed by atoms with Crippen LogP contribution < -0.4 is 0 Å². The van der Waals surface area contributed by atoms with Gasteiger partial charge in [0.2, 0.25) is 0 Å². The molecule has 0 radical (unpaired) electrons. The third-order valence-electron chi connectivity index (χ3n) is 2.40. The van der Waals surface area contributed by atoms with Gasteiger partial charge in [-0.25, -0.2) is 0 Å². The van der Waals surface area contributed by atoms with Crippen molar-refractivity contribution in [2.75, 3.05) is 13.1 Å². The van der Waals surface area contributed by atoms with Crippen LogP contribution in [-0.4, -0.2) is 35.0 Å². The van der Waals surface area contributed by atoms with Crippen molar-refractivity contribution < 1.29 is 14.7 Å². The van der Waals surface area contributed by atoms with E-state index in [0.717, 1.165) is 0 Å². The Morgan fingerprint density at radius 1 is 1.32 bits per heavy atom. The smallest absolute Gasteiger partial charge is 0.305 e. The zero-order chi connectivity index (χ0) is 14.4. The maximum Gasteiger partial charge on any atom is 0.305 e. The van der Waals surface area contributed by atoms with E-state index in [1.165, 1.54) is 23.1 Å². The fourth-order valence-corrected chi connectivity index (χ4v) is 1.77. The molecule has 0 aliphatic carbocycles. The van der Waals surface area contributed by atoms with Crippen LogP contribution in [0.25, 0.3) is 0 Å². The van der Waals surface area contributed by atoms with E-state index < -0.39 is 5.97 Å². The first-order valence-corrected chi connectivity index (χ1v) is 6.28. The third-order valence-corrected chi connectivity index (χ3v) is 3.14. The van der Waals surface area contributed by atoms with Crippen molar-refractivity contribution >= 4 is 35.1 Å². The number of halogens is 2. The van der Waals surface area contributed by atoms with E-state index in [9.17, 15) is 9.59 Å². The summed E-state index contributed by atoms with van der Waals surface area (Å²) in [6, 6.07) is 4.54. The van der Waals surface area contributed by atoms with Crippen molar-refractivity contribution in [1.29, 1.82) is 0 Å². The van der Waals surface area contributed by atoms with Crippen molar-refractivity contribution in [2.24, 2.45) is 0 Å². The second kappa shape index (κ2) is 7.16. The number of carboxylic acid groups (broad SMARTS) is 1. The summed E-state index contributed by atoms with van der Waals surface area (Å²) in [5.74, 6) is -1.27. The van der Waals surface area contributed by atoms with Gasteiger partial charge < -0.3 is 10.0 Å². The SMILES string of the molecule is C=CCN(CCC(=O)O)C(=O)c1ccc(Cl)c(Cl)c1. The first-order chi connectivity index (χ1) is 8.95. The first-order valence-electron chi connectivity index (χ1n) is 5.52. The Morgan fingerprint density at radius 3 is 2.53 bits per heavy atom. The summed E-state index contributed by atoms with van der Waals surface area (Å²) in [6.45, 7) is 3.93. The Hall–Kier alpha value is -1.52. The van der Waals surface area contributed by atoms with Gasteiger partial charge in [-0.2, -0.15) is 0 Å². The lowest BCUT2D eigenvalue weighted by Gasteiger charge is -2.20. The molecule has 1 aromatic rings. The van der Waals surface area contributed by atoms with Gasteiger partial charge >= 0.3 is 5.97 Å². The van der Waals surface area contributed by atoms with Crippen molar-refractivity contribution in [3.63, 3.8) is 0 Å². The average molecular weight is 302 g/mol. The second-order valence-electron chi connectivity index (χ2n) is 3.81. The molecular weight excluding hydrogens is 289 g/mol. The molecule has 0 heterocycles. The Bertz CT molecular complexity index is 503. The molecule has 0 fully saturated rings. The Balaban J connectivity index is 2.88. The van der Waals surface area contributed by atoms with Gasteiger partial charge in [0.25, 0.3) is 5.91 Å². The number of nitrogens with zero attached hydrogens (tertiary/aromatic N) is 1. The van der Waals surface area contributed by atoms with Gasteiger partial charge in [0.1, 0.15) is 0 Å². The molecule has 0 saturated heterocycles. The van der Waals surface area contributed by atoms with Crippen molar-refractivity contribution in [3.05, 3.63) is 46.5 Å². The lowest BCUT2D eigenvalue weighted by molar-refractivity contribution is -0.137. The molecule has 0 atom stereocenters. The highest BCUT2D eigenvalue weighted by atomic mass is 35.5. The predicted octanol–water partition coefficient (Wildman–Crippen LogP) is 3.10. The topological polar surface area (TPSA) is 57.6 Å². The predicted molar refractivity (Wildman–Crippen MR) is 74.8 cm³/mol. The molecule has 0 aliphatic heterocycles. The Kier molecular flexibility index (Phi) is 5.86. The Morgan fingerprint density at radius 2 is 2.00 bits per heavy atom. The van der Waals surface area contributed by atoms with E-state index in [2.05, 4.69) is 6.58 Å². The van der Waals surface area contributed by atoms with Gasteiger partial charge in [-0.1, -0.05) is 29.3 Å². The summed E-state index contributed by atoms with van der Waals surface area (Å²) in [7, 11) is 0. The molecule has 0 bridgehead atoms. The molecule has 1 aromatic carbocycles. The van der Waals surface area contributed by atoms with Crippen LogP contribution in [0.15, 0.2) is 30.9 Å². The molecule has 1 rings (SSSR count). The fourth-order valence-electron chi connectivity index (χ4n) is 1.47. The number of benzene rings is 1. The minimum atomic E-state index is -0.962. The van der Waals surface area contributed by atoms with Gasteiger partial charge in [0, 0.05) is 18.7 Å². The standard InChI is InChI=1S/C13H13Cl2NO3/c1-2-6-16(7-5-12(17)18)13(19)9-3-4-10(14)11(15)8-9/h2-4,8H,1,5-7H2,(H,17,18). The zero-order valence-corrected chi connectivity index (χ0v) is 11.6. The number of hydrogen-bond donors (Lipinski definition) is 1. The molecule has 4 nitrogen and oxygen atoms in total. The van der Waals surface area contributed by atoms with Crippen LogP contribution in [0.2, 0.25) is 10.0 Å². The van der Waals surface area contributed by atoms with E-state index in [4.69, 9.17) is 28.3 Å². The average Bonchev–Trinajstić information content (AvgIpc) is 2.36. The summed E-state index contributed by atoms with van der Waals surface area (Å²) in [5.41, 5.74) is 0.363. The number of hydrogen-bond acceptors (Lipinski definition) is 2.